The summed E-state index contributed by atoms with van der Waals surface area (Å²) in [7, 11) is 0. The van der Waals surface area contributed by atoms with Crippen LogP contribution in [0.2, 0.25) is 0 Å². The Bertz CT molecular complexity index is 1450. The number of pyridine rings is 2. The summed E-state index contributed by atoms with van der Waals surface area (Å²) in [6.07, 6.45) is 4.15. The monoisotopic (exact) mass is 542 g/mol. The summed E-state index contributed by atoms with van der Waals surface area (Å²) in [5.41, 5.74) is 2.76. The highest BCUT2D eigenvalue weighted by Crippen LogP contribution is 2.51. The van der Waals surface area contributed by atoms with Gasteiger partial charge in [-0.2, -0.15) is 5.26 Å². The van der Waals surface area contributed by atoms with Gasteiger partial charge in [0.05, 0.1) is 29.1 Å². The summed E-state index contributed by atoms with van der Waals surface area (Å²) >= 11 is 0. The Morgan fingerprint density at radius 3 is 2.88 bits per heavy atom. The van der Waals surface area contributed by atoms with Gasteiger partial charge in [-0.05, 0) is 75.2 Å². The van der Waals surface area contributed by atoms with E-state index in [0.29, 0.717) is 35.1 Å². The maximum Gasteiger partial charge on any atom is 0.274 e. The Hall–Kier alpha value is -4.23. The van der Waals surface area contributed by atoms with Crippen molar-refractivity contribution in [2.45, 2.75) is 38.3 Å². The van der Waals surface area contributed by atoms with E-state index < -0.39 is 5.82 Å². The first kappa shape index (κ1) is 26.0. The number of nitrogens with zero attached hydrogens (tertiary/aromatic N) is 4. The Kier molecular flexibility index (Phi) is 6.98. The average Bonchev–Trinajstić information content (AvgIpc) is 3.43. The minimum absolute atomic E-state index is 0.0425. The standard InChI is InChI=1S/C30H31FN6O3/c1-2-39-29-23(4-3-10-34-29)24-6-8-26(27(36-24)28(38)35-21-9-11-33-16-21)40-22-13-30(14-22)17-37(18-30)25-7-5-20(31)12-19(25)15-32/h3-8,10,12,21-22,33H,2,9,11,13-14,16-18H2,1H3,(H,35,38)/t21-/m1/s1. The molecule has 10 heteroatoms. The first-order chi connectivity index (χ1) is 19.5. The molecular weight excluding hydrogens is 511 g/mol. The van der Waals surface area contributed by atoms with E-state index >= 15 is 0 Å². The van der Waals surface area contributed by atoms with Crippen molar-refractivity contribution in [2.24, 2.45) is 5.41 Å². The van der Waals surface area contributed by atoms with E-state index in [1.54, 1.807) is 12.3 Å². The second-order valence-corrected chi connectivity index (χ2v) is 10.8. The number of ether oxygens (including phenoxy) is 2. The van der Waals surface area contributed by atoms with Crippen molar-refractivity contribution >= 4 is 11.6 Å². The average molecular weight is 543 g/mol. The Balaban J connectivity index is 1.18. The number of rotatable bonds is 8. The molecule has 1 aliphatic carbocycles. The Morgan fingerprint density at radius 2 is 2.12 bits per heavy atom. The van der Waals surface area contributed by atoms with Crippen LogP contribution in [0.25, 0.3) is 11.3 Å². The quantitative estimate of drug-likeness (QED) is 0.443. The third kappa shape index (κ3) is 5.05. The van der Waals surface area contributed by atoms with Gasteiger partial charge in [-0.25, -0.2) is 14.4 Å². The third-order valence-electron chi connectivity index (χ3n) is 7.88. The number of nitrogens with one attached hydrogen (secondary N) is 2. The molecule has 3 fully saturated rings. The maximum atomic E-state index is 13.6. The van der Waals surface area contributed by atoms with Crippen molar-refractivity contribution in [2.75, 3.05) is 37.7 Å². The van der Waals surface area contributed by atoms with Crippen LogP contribution in [-0.4, -0.2) is 60.8 Å². The number of anilines is 1. The van der Waals surface area contributed by atoms with E-state index in [2.05, 4.69) is 26.6 Å². The van der Waals surface area contributed by atoms with E-state index in [0.717, 1.165) is 51.1 Å². The largest absolute Gasteiger partial charge is 0.488 e. The molecule has 1 amide bonds. The van der Waals surface area contributed by atoms with Gasteiger partial charge in [0.2, 0.25) is 5.88 Å². The zero-order chi connectivity index (χ0) is 27.7. The normalized spacial score (nSPS) is 19.4. The van der Waals surface area contributed by atoms with Crippen LogP contribution in [0.1, 0.15) is 42.2 Å². The van der Waals surface area contributed by atoms with Crippen LogP contribution in [0.3, 0.4) is 0 Å². The van der Waals surface area contributed by atoms with E-state index in [-0.39, 0.29) is 29.2 Å². The van der Waals surface area contributed by atoms with Crippen molar-refractivity contribution in [3.63, 3.8) is 0 Å². The lowest BCUT2D eigenvalue weighted by Gasteiger charge is -2.59. The fourth-order valence-electron chi connectivity index (χ4n) is 5.96. The molecule has 40 heavy (non-hydrogen) atoms. The molecule has 2 aliphatic heterocycles. The van der Waals surface area contributed by atoms with E-state index in [4.69, 9.17) is 14.5 Å². The molecule has 4 heterocycles. The van der Waals surface area contributed by atoms with Crippen molar-refractivity contribution in [3.05, 3.63) is 65.7 Å². The van der Waals surface area contributed by atoms with E-state index in [1.165, 1.54) is 12.1 Å². The highest BCUT2D eigenvalue weighted by atomic mass is 19.1. The predicted molar refractivity (Wildman–Crippen MR) is 147 cm³/mol. The minimum Gasteiger partial charge on any atom is -0.488 e. The van der Waals surface area contributed by atoms with Gasteiger partial charge in [0.15, 0.2) is 11.4 Å². The third-order valence-corrected chi connectivity index (χ3v) is 7.88. The van der Waals surface area contributed by atoms with Gasteiger partial charge in [-0.1, -0.05) is 0 Å². The topological polar surface area (TPSA) is 112 Å². The lowest BCUT2D eigenvalue weighted by atomic mass is 9.61. The van der Waals surface area contributed by atoms with Gasteiger partial charge in [-0.3, -0.25) is 4.79 Å². The number of hydrogen-bond donors (Lipinski definition) is 2. The van der Waals surface area contributed by atoms with Gasteiger partial charge in [0, 0.05) is 37.3 Å². The van der Waals surface area contributed by atoms with Gasteiger partial charge in [0.1, 0.15) is 18.0 Å². The highest BCUT2D eigenvalue weighted by Gasteiger charge is 2.54. The summed E-state index contributed by atoms with van der Waals surface area (Å²) < 4.78 is 25.6. The number of hydrogen-bond acceptors (Lipinski definition) is 8. The molecule has 2 N–H and O–H groups in total. The molecule has 3 aromatic rings. The van der Waals surface area contributed by atoms with Crippen LogP contribution >= 0.6 is 0 Å². The Morgan fingerprint density at radius 1 is 1.27 bits per heavy atom. The molecule has 1 saturated carbocycles. The minimum atomic E-state index is -0.408. The first-order valence-corrected chi connectivity index (χ1v) is 13.7. The maximum absolute atomic E-state index is 13.6. The number of amides is 1. The van der Waals surface area contributed by atoms with Crippen molar-refractivity contribution in [1.82, 2.24) is 20.6 Å². The zero-order valence-electron chi connectivity index (χ0n) is 22.3. The van der Waals surface area contributed by atoms with Crippen molar-refractivity contribution < 1.29 is 18.7 Å². The molecule has 6 rings (SSSR count). The number of carbonyl (C=O) groups excluding carboxylic acids is 1. The van der Waals surface area contributed by atoms with Gasteiger partial charge >= 0.3 is 0 Å². The molecule has 206 valence electrons. The van der Waals surface area contributed by atoms with Crippen LogP contribution < -0.4 is 25.0 Å². The van der Waals surface area contributed by atoms with Crippen LogP contribution in [0.4, 0.5) is 10.1 Å². The zero-order valence-corrected chi connectivity index (χ0v) is 22.3. The highest BCUT2D eigenvalue weighted by molar-refractivity contribution is 5.96. The lowest BCUT2D eigenvalue weighted by Crippen LogP contribution is -2.65. The molecule has 0 radical (unpaired) electrons. The summed E-state index contributed by atoms with van der Waals surface area (Å²) in [5, 5.41) is 15.8. The Labute approximate surface area is 232 Å². The summed E-state index contributed by atoms with van der Waals surface area (Å²) in [6.45, 7) is 5.52. The van der Waals surface area contributed by atoms with E-state index in [1.807, 2.05) is 31.2 Å². The van der Waals surface area contributed by atoms with Crippen LogP contribution in [0, 0.1) is 22.6 Å². The number of nitriles is 1. The number of benzene rings is 1. The fraction of sp³-hybridized carbons (Fsp3) is 0.400. The molecule has 0 unspecified atom stereocenters. The van der Waals surface area contributed by atoms with E-state index in [9.17, 15) is 14.4 Å². The molecule has 1 atom stereocenters. The molecule has 1 spiro atoms. The first-order valence-electron chi connectivity index (χ1n) is 13.7. The van der Waals surface area contributed by atoms with Gasteiger partial charge < -0.3 is 25.0 Å². The molecule has 9 nitrogen and oxygen atoms in total. The fourth-order valence-corrected chi connectivity index (χ4v) is 5.96. The summed E-state index contributed by atoms with van der Waals surface area (Å²) in [4.78, 5) is 24.6. The SMILES string of the molecule is CCOc1ncccc1-c1ccc(OC2CC3(C2)CN(c2ccc(F)cc2C#N)C3)c(C(=O)N[C@@H]2CCNC2)n1. The van der Waals surface area contributed by atoms with Crippen LogP contribution in [0.5, 0.6) is 11.6 Å². The van der Waals surface area contributed by atoms with Gasteiger partial charge in [0.25, 0.3) is 5.91 Å². The molecule has 2 aromatic heterocycles. The van der Waals surface area contributed by atoms with Crippen molar-refractivity contribution in [1.29, 1.82) is 5.26 Å². The second-order valence-electron chi connectivity index (χ2n) is 10.8. The van der Waals surface area contributed by atoms with Crippen LogP contribution in [0.15, 0.2) is 48.7 Å². The molecule has 1 aromatic carbocycles. The molecule has 3 aliphatic rings. The summed E-state index contributed by atoms with van der Waals surface area (Å²) in [6, 6.07) is 13.8. The van der Waals surface area contributed by atoms with Crippen LogP contribution in [-0.2, 0) is 0 Å². The lowest BCUT2D eigenvalue weighted by molar-refractivity contribution is -0.0344. The second kappa shape index (κ2) is 10.7. The molecular formula is C30H31FN6O3. The van der Waals surface area contributed by atoms with Crippen molar-refractivity contribution in [3.8, 4) is 29.0 Å². The molecule has 0 bridgehead atoms. The summed E-state index contributed by atoms with van der Waals surface area (Å²) in [5.74, 6) is 0.245. The van der Waals surface area contributed by atoms with Gasteiger partial charge in [-0.15, -0.1) is 0 Å². The number of carbonyl (C=O) groups is 1. The number of halogens is 1. The molecule has 2 saturated heterocycles. The smallest absolute Gasteiger partial charge is 0.274 e. The predicted octanol–water partition coefficient (Wildman–Crippen LogP) is 3.69. The number of aromatic nitrogens is 2.